The van der Waals surface area contributed by atoms with Crippen LogP contribution in [-0.4, -0.2) is 30.7 Å². The highest BCUT2D eigenvalue weighted by atomic mass is 16.5. The molecular formula is C49H81N3O. The lowest BCUT2D eigenvalue weighted by Crippen LogP contribution is -2.74. The van der Waals surface area contributed by atoms with Gasteiger partial charge in [0.05, 0.1) is 30.7 Å². The summed E-state index contributed by atoms with van der Waals surface area (Å²) in [7, 11) is 0. The summed E-state index contributed by atoms with van der Waals surface area (Å²) in [6, 6.07) is 0. The van der Waals surface area contributed by atoms with E-state index in [1.165, 1.54) is 161 Å². The maximum absolute atomic E-state index is 7.66. The molecule has 19 atom stereocenters. The molecule has 19 unspecified atom stereocenters. The third-order valence-corrected chi connectivity index (χ3v) is 20.4. The predicted octanol–water partition coefficient (Wildman–Crippen LogP) is 11.2. The minimum atomic E-state index is 0.492. The van der Waals surface area contributed by atoms with Gasteiger partial charge in [0.2, 0.25) is 0 Å². The number of rotatable bonds is 4. The molecule has 0 aromatic rings. The number of nitrogens with one attached hydrogen (secondary N) is 3. The number of fused-ring (bicyclic) bond motifs is 8. The summed E-state index contributed by atoms with van der Waals surface area (Å²) >= 11 is 0. The molecule has 0 bridgehead atoms. The van der Waals surface area contributed by atoms with Crippen molar-refractivity contribution in [3.8, 4) is 0 Å². The van der Waals surface area contributed by atoms with E-state index < -0.39 is 0 Å². The molecule has 2 heterocycles. The SMILES string of the molecule is C1CCC2CC(C3NC(C4CCC5CCCCC5C4)NC(C4CC5C6CCCC(C7CCC8CCCCC8C7)C6OC5C5CCCCC45)N3)CCC2C1. The summed E-state index contributed by atoms with van der Waals surface area (Å²) in [6.45, 7) is 0. The van der Waals surface area contributed by atoms with Crippen LogP contribution in [-0.2, 0) is 4.74 Å². The van der Waals surface area contributed by atoms with Crippen molar-refractivity contribution in [2.75, 3.05) is 0 Å². The summed E-state index contributed by atoms with van der Waals surface area (Å²) in [5.74, 6) is 13.8. The fourth-order valence-electron chi connectivity index (χ4n) is 17.9. The van der Waals surface area contributed by atoms with Crippen molar-refractivity contribution in [3.63, 3.8) is 0 Å². The van der Waals surface area contributed by atoms with Gasteiger partial charge in [-0.1, -0.05) is 96.3 Å². The molecule has 0 aromatic carbocycles. The zero-order valence-electron chi connectivity index (χ0n) is 34.0. The molecule has 3 N–H and O–H groups in total. The third-order valence-electron chi connectivity index (χ3n) is 20.4. The maximum atomic E-state index is 7.66. The number of ether oxygens (including phenoxy) is 1. The van der Waals surface area contributed by atoms with Gasteiger partial charge >= 0.3 is 0 Å². The molecule has 11 aliphatic rings. The van der Waals surface area contributed by atoms with Gasteiger partial charge in [-0.2, -0.15) is 0 Å². The Morgan fingerprint density at radius 1 is 0.245 bits per heavy atom. The van der Waals surface area contributed by atoms with Gasteiger partial charge in [0.15, 0.2) is 0 Å². The summed E-state index contributed by atoms with van der Waals surface area (Å²) < 4.78 is 7.66. The van der Waals surface area contributed by atoms with Crippen LogP contribution >= 0.6 is 0 Å². The second kappa shape index (κ2) is 15.5. The van der Waals surface area contributed by atoms with Crippen molar-refractivity contribution >= 4 is 0 Å². The van der Waals surface area contributed by atoms with Crippen molar-refractivity contribution < 1.29 is 4.74 Å². The summed E-state index contributed by atoms with van der Waals surface area (Å²) in [6.07, 6.45) is 46.2. The second-order valence-electron chi connectivity index (χ2n) is 22.6. The van der Waals surface area contributed by atoms with Crippen molar-refractivity contribution in [2.24, 2.45) is 88.8 Å². The molecule has 4 heteroatoms. The van der Waals surface area contributed by atoms with Crippen molar-refractivity contribution in [2.45, 2.75) is 217 Å². The van der Waals surface area contributed by atoms with Crippen LogP contribution in [0.4, 0.5) is 0 Å². The van der Waals surface area contributed by atoms with E-state index in [2.05, 4.69) is 16.0 Å². The quantitative estimate of drug-likeness (QED) is 0.270. The Bertz CT molecular complexity index is 1200. The van der Waals surface area contributed by atoms with E-state index in [-0.39, 0.29) is 0 Å². The first-order chi connectivity index (χ1) is 26.2. The lowest BCUT2D eigenvalue weighted by Gasteiger charge is -2.55. The molecule has 9 saturated carbocycles. The number of hydrogen-bond donors (Lipinski definition) is 3. The van der Waals surface area contributed by atoms with Crippen LogP contribution in [0, 0.1) is 88.8 Å². The standard InChI is InChI=1S/C49H81N3O/c1-4-13-33-26-36(23-20-30(33)10-1)39-18-9-19-42-43-29-44(40-16-7-8-17-41(40)46(43)53-45(39)42)49-51-47(37-24-21-31-11-2-5-14-34(31)27-37)50-48(52-49)38-25-22-32-12-3-6-15-35(32)28-38/h30-52H,1-29H2. The van der Waals surface area contributed by atoms with Crippen LogP contribution in [0.1, 0.15) is 186 Å². The molecular weight excluding hydrogens is 647 g/mol. The Balaban J connectivity index is 0.848. The van der Waals surface area contributed by atoms with E-state index in [4.69, 9.17) is 4.74 Å². The molecule has 2 aliphatic heterocycles. The molecule has 298 valence electrons. The first-order valence-electron chi connectivity index (χ1n) is 25.2. The lowest BCUT2D eigenvalue weighted by atomic mass is 9.56. The Labute approximate surface area is 325 Å². The molecule has 11 rings (SSSR count). The molecule has 0 spiro atoms. The van der Waals surface area contributed by atoms with E-state index in [1.54, 1.807) is 25.7 Å². The molecule has 4 nitrogen and oxygen atoms in total. The van der Waals surface area contributed by atoms with Gasteiger partial charge in [0.1, 0.15) is 0 Å². The topological polar surface area (TPSA) is 45.3 Å². The van der Waals surface area contributed by atoms with E-state index in [0.29, 0.717) is 30.7 Å². The highest BCUT2D eigenvalue weighted by Crippen LogP contribution is 2.60. The van der Waals surface area contributed by atoms with E-state index in [9.17, 15) is 0 Å². The normalized spacial score (nSPS) is 55.7. The van der Waals surface area contributed by atoms with Gasteiger partial charge in [0, 0.05) is 0 Å². The zero-order valence-corrected chi connectivity index (χ0v) is 34.0. The molecule has 11 fully saturated rings. The predicted molar refractivity (Wildman–Crippen MR) is 216 cm³/mol. The smallest absolute Gasteiger partial charge is 0.0641 e. The Morgan fingerprint density at radius 3 is 1.25 bits per heavy atom. The van der Waals surface area contributed by atoms with Gasteiger partial charge in [0.25, 0.3) is 0 Å². The fourth-order valence-corrected chi connectivity index (χ4v) is 17.9. The average Bonchev–Trinajstić information content (AvgIpc) is 3.62. The molecule has 2 saturated heterocycles. The summed E-state index contributed by atoms with van der Waals surface area (Å²) in [5, 5.41) is 13.5. The summed E-state index contributed by atoms with van der Waals surface area (Å²) in [4.78, 5) is 0. The Morgan fingerprint density at radius 2 is 0.642 bits per heavy atom. The monoisotopic (exact) mass is 728 g/mol. The van der Waals surface area contributed by atoms with Gasteiger partial charge in [-0.3, -0.25) is 16.0 Å². The van der Waals surface area contributed by atoms with Crippen LogP contribution in [0.5, 0.6) is 0 Å². The van der Waals surface area contributed by atoms with Crippen LogP contribution in [0.15, 0.2) is 0 Å². The second-order valence-corrected chi connectivity index (χ2v) is 22.6. The van der Waals surface area contributed by atoms with Crippen molar-refractivity contribution in [1.82, 2.24) is 16.0 Å². The van der Waals surface area contributed by atoms with Crippen LogP contribution in [0.2, 0.25) is 0 Å². The molecule has 0 radical (unpaired) electrons. The first-order valence-corrected chi connectivity index (χ1v) is 25.2. The van der Waals surface area contributed by atoms with Gasteiger partial charge in [-0.25, -0.2) is 0 Å². The highest BCUT2D eigenvalue weighted by molar-refractivity contribution is 5.08. The van der Waals surface area contributed by atoms with Crippen LogP contribution in [0.25, 0.3) is 0 Å². The van der Waals surface area contributed by atoms with Crippen molar-refractivity contribution in [1.29, 1.82) is 0 Å². The molecule has 9 aliphatic carbocycles. The Kier molecular flexibility index (Phi) is 10.5. The minimum absolute atomic E-state index is 0.492. The lowest BCUT2D eigenvalue weighted by molar-refractivity contribution is -0.105. The number of hydrogen-bond acceptors (Lipinski definition) is 4. The zero-order chi connectivity index (χ0) is 34.9. The fraction of sp³-hybridized carbons (Fsp3) is 1.00. The first kappa shape index (κ1) is 36.0. The molecule has 0 aromatic heterocycles. The third kappa shape index (κ3) is 6.88. The molecule has 0 amide bonds. The largest absolute Gasteiger partial charge is 0.374 e. The maximum Gasteiger partial charge on any atom is 0.0641 e. The molecule has 53 heavy (non-hydrogen) atoms. The minimum Gasteiger partial charge on any atom is -0.374 e. The van der Waals surface area contributed by atoms with Crippen LogP contribution < -0.4 is 16.0 Å². The Hall–Kier alpha value is -0.160. The van der Waals surface area contributed by atoms with Crippen LogP contribution in [0.3, 0.4) is 0 Å². The van der Waals surface area contributed by atoms with E-state index in [1.807, 2.05) is 0 Å². The van der Waals surface area contributed by atoms with Gasteiger partial charge in [-0.15, -0.1) is 0 Å². The van der Waals surface area contributed by atoms with E-state index in [0.717, 1.165) is 88.8 Å². The van der Waals surface area contributed by atoms with Crippen molar-refractivity contribution in [3.05, 3.63) is 0 Å². The average molecular weight is 728 g/mol. The van der Waals surface area contributed by atoms with E-state index >= 15 is 0 Å². The van der Waals surface area contributed by atoms with Gasteiger partial charge in [-0.05, 0) is 179 Å². The highest BCUT2D eigenvalue weighted by Gasteiger charge is 2.59. The van der Waals surface area contributed by atoms with Gasteiger partial charge < -0.3 is 4.74 Å². The summed E-state index contributed by atoms with van der Waals surface area (Å²) in [5.41, 5.74) is 0.